The fourth-order valence-corrected chi connectivity index (χ4v) is 2.96. The Morgan fingerprint density at radius 1 is 1.37 bits per heavy atom. The van der Waals surface area contributed by atoms with Gasteiger partial charge in [0.25, 0.3) is 0 Å². The highest BCUT2D eigenvalue weighted by Gasteiger charge is 2.15. The Morgan fingerprint density at radius 3 is 2.63 bits per heavy atom. The van der Waals surface area contributed by atoms with E-state index in [-0.39, 0.29) is 23.7 Å². The first kappa shape index (κ1) is 16.5. The second-order valence-corrected chi connectivity index (χ2v) is 6.41. The van der Waals surface area contributed by atoms with Gasteiger partial charge in [-0.3, -0.25) is 0 Å². The molecule has 0 saturated heterocycles. The van der Waals surface area contributed by atoms with E-state index in [1.54, 1.807) is 24.8 Å². The molecule has 0 aliphatic carbocycles. The number of aliphatic hydroxyl groups excluding tert-OH is 1. The standard InChI is InChI=1S/C15H24FNOS/c1-5-6-17-12(4)13-8-14(16)10(2)7-15(13)19-11(3)9-18/h7-8,11-12,17-18H,5-6,9H2,1-4H3. The molecule has 0 aliphatic rings. The molecule has 2 nitrogen and oxygen atoms in total. The minimum atomic E-state index is -0.166. The van der Waals surface area contributed by atoms with Crippen LogP contribution < -0.4 is 5.32 Å². The smallest absolute Gasteiger partial charge is 0.126 e. The highest BCUT2D eigenvalue weighted by Crippen LogP contribution is 2.32. The van der Waals surface area contributed by atoms with Crippen LogP contribution in [0.1, 0.15) is 44.4 Å². The SMILES string of the molecule is CCCNC(C)c1cc(F)c(C)cc1SC(C)CO. The molecule has 0 aliphatic heterocycles. The molecule has 2 atom stereocenters. The van der Waals surface area contributed by atoms with E-state index in [9.17, 15) is 9.50 Å². The first-order valence-corrected chi connectivity index (χ1v) is 7.68. The quantitative estimate of drug-likeness (QED) is 0.750. The lowest BCUT2D eigenvalue weighted by Gasteiger charge is -2.20. The number of hydrogen-bond acceptors (Lipinski definition) is 3. The third-order valence-corrected chi connectivity index (χ3v) is 4.20. The molecule has 1 rings (SSSR count). The van der Waals surface area contributed by atoms with Crippen LogP contribution in [0.4, 0.5) is 4.39 Å². The van der Waals surface area contributed by atoms with E-state index in [4.69, 9.17) is 0 Å². The van der Waals surface area contributed by atoms with Crippen LogP contribution in [0.3, 0.4) is 0 Å². The molecule has 1 aromatic rings. The van der Waals surface area contributed by atoms with Gasteiger partial charge in [-0.05, 0) is 50.1 Å². The van der Waals surface area contributed by atoms with Crippen molar-refractivity contribution in [3.05, 3.63) is 29.1 Å². The molecular formula is C15H24FNOS. The maximum atomic E-state index is 13.8. The molecular weight excluding hydrogens is 261 g/mol. The van der Waals surface area contributed by atoms with Crippen LogP contribution >= 0.6 is 11.8 Å². The van der Waals surface area contributed by atoms with Crippen LogP contribution in [0.5, 0.6) is 0 Å². The van der Waals surface area contributed by atoms with Crippen molar-refractivity contribution in [3.63, 3.8) is 0 Å². The Morgan fingerprint density at radius 2 is 2.05 bits per heavy atom. The van der Waals surface area contributed by atoms with Gasteiger partial charge in [0.15, 0.2) is 0 Å². The molecule has 0 fully saturated rings. The van der Waals surface area contributed by atoms with Crippen molar-refractivity contribution in [2.45, 2.75) is 50.3 Å². The van der Waals surface area contributed by atoms with Crippen LogP contribution in [0.25, 0.3) is 0 Å². The second kappa shape index (κ2) is 7.88. The van der Waals surface area contributed by atoms with E-state index in [2.05, 4.69) is 12.2 Å². The van der Waals surface area contributed by atoms with Gasteiger partial charge in [0.1, 0.15) is 5.82 Å². The van der Waals surface area contributed by atoms with Gasteiger partial charge in [-0.25, -0.2) is 4.39 Å². The average molecular weight is 285 g/mol. The Hall–Kier alpha value is -0.580. The normalized spacial score (nSPS) is 14.4. The summed E-state index contributed by atoms with van der Waals surface area (Å²) in [7, 11) is 0. The van der Waals surface area contributed by atoms with Crippen LogP contribution in [0.15, 0.2) is 17.0 Å². The van der Waals surface area contributed by atoms with Crippen LogP contribution in [0.2, 0.25) is 0 Å². The van der Waals surface area contributed by atoms with Crippen LogP contribution in [-0.4, -0.2) is 23.5 Å². The summed E-state index contributed by atoms with van der Waals surface area (Å²) < 4.78 is 13.8. The van der Waals surface area contributed by atoms with Crippen LogP contribution in [-0.2, 0) is 0 Å². The number of aryl methyl sites for hydroxylation is 1. The zero-order chi connectivity index (χ0) is 14.4. The molecule has 0 saturated carbocycles. The van der Waals surface area contributed by atoms with Gasteiger partial charge in [-0.1, -0.05) is 13.8 Å². The first-order chi connectivity index (χ1) is 8.99. The summed E-state index contributed by atoms with van der Waals surface area (Å²) in [6.45, 7) is 8.94. The number of nitrogens with one attached hydrogen (secondary N) is 1. The van der Waals surface area contributed by atoms with E-state index in [1.807, 2.05) is 19.9 Å². The molecule has 0 spiro atoms. The summed E-state index contributed by atoms with van der Waals surface area (Å²) >= 11 is 1.60. The van der Waals surface area contributed by atoms with Crippen molar-refractivity contribution in [1.29, 1.82) is 0 Å². The van der Waals surface area contributed by atoms with Crippen molar-refractivity contribution >= 4 is 11.8 Å². The lowest BCUT2D eigenvalue weighted by Crippen LogP contribution is -2.20. The maximum absolute atomic E-state index is 13.8. The van der Waals surface area contributed by atoms with Crippen molar-refractivity contribution in [3.8, 4) is 0 Å². The lowest BCUT2D eigenvalue weighted by molar-refractivity contribution is 0.300. The highest BCUT2D eigenvalue weighted by atomic mass is 32.2. The topological polar surface area (TPSA) is 32.3 Å². The molecule has 108 valence electrons. The molecule has 0 heterocycles. The number of benzene rings is 1. The largest absolute Gasteiger partial charge is 0.395 e. The summed E-state index contributed by atoms with van der Waals surface area (Å²) in [5, 5.41) is 12.7. The molecule has 4 heteroatoms. The predicted octanol–water partition coefficient (Wildman–Crippen LogP) is 3.67. The van der Waals surface area contributed by atoms with Gasteiger partial charge in [-0.15, -0.1) is 11.8 Å². The van der Waals surface area contributed by atoms with Crippen molar-refractivity contribution in [1.82, 2.24) is 5.32 Å². The molecule has 2 unspecified atom stereocenters. The first-order valence-electron chi connectivity index (χ1n) is 6.80. The molecule has 1 aromatic carbocycles. The summed E-state index contributed by atoms with van der Waals surface area (Å²) in [6.07, 6.45) is 1.05. The zero-order valence-electron chi connectivity index (χ0n) is 12.2. The second-order valence-electron chi connectivity index (χ2n) is 4.93. The van der Waals surface area contributed by atoms with Crippen molar-refractivity contribution in [2.24, 2.45) is 0 Å². The number of hydrogen-bond donors (Lipinski definition) is 2. The Labute approximate surface area is 119 Å². The van der Waals surface area contributed by atoms with Gasteiger partial charge in [0.05, 0.1) is 6.61 Å². The van der Waals surface area contributed by atoms with Gasteiger partial charge >= 0.3 is 0 Å². The van der Waals surface area contributed by atoms with E-state index >= 15 is 0 Å². The van der Waals surface area contributed by atoms with Crippen molar-refractivity contribution < 1.29 is 9.50 Å². The lowest BCUT2D eigenvalue weighted by atomic mass is 10.1. The molecule has 0 radical (unpaired) electrons. The number of thioether (sulfide) groups is 1. The third kappa shape index (κ3) is 4.79. The Kier molecular flexibility index (Phi) is 6.83. The number of aliphatic hydroxyl groups is 1. The zero-order valence-corrected chi connectivity index (χ0v) is 13.0. The predicted molar refractivity (Wildman–Crippen MR) is 80.3 cm³/mol. The Bertz CT molecular complexity index is 411. The summed E-state index contributed by atoms with van der Waals surface area (Å²) in [5.41, 5.74) is 1.63. The maximum Gasteiger partial charge on any atom is 0.126 e. The van der Waals surface area contributed by atoms with Gasteiger partial charge in [0, 0.05) is 16.2 Å². The van der Waals surface area contributed by atoms with Crippen LogP contribution in [0, 0.1) is 12.7 Å². The molecule has 0 bridgehead atoms. The average Bonchev–Trinajstić information content (AvgIpc) is 2.39. The minimum Gasteiger partial charge on any atom is -0.395 e. The fourth-order valence-electron chi connectivity index (χ4n) is 1.84. The summed E-state index contributed by atoms with van der Waals surface area (Å²) in [6, 6.07) is 3.62. The van der Waals surface area contributed by atoms with Gasteiger partial charge in [-0.2, -0.15) is 0 Å². The summed E-state index contributed by atoms with van der Waals surface area (Å²) in [4.78, 5) is 1.05. The van der Waals surface area contributed by atoms with Gasteiger partial charge < -0.3 is 10.4 Å². The molecule has 0 aromatic heterocycles. The minimum absolute atomic E-state index is 0.113. The Balaban J connectivity index is 3.01. The summed E-state index contributed by atoms with van der Waals surface area (Å²) in [5.74, 6) is -0.166. The monoisotopic (exact) mass is 285 g/mol. The van der Waals surface area contributed by atoms with E-state index in [0.29, 0.717) is 5.56 Å². The highest BCUT2D eigenvalue weighted by molar-refractivity contribution is 8.00. The molecule has 19 heavy (non-hydrogen) atoms. The molecule has 2 N–H and O–H groups in total. The van der Waals surface area contributed by atoms with E-state index in [1.165, 1.54) is 0 Å². The number of rotatable bonds is 7. The third-order valence-electron chi connectivity index (χ3n) is 3.04. The fraction of sp³-hybridized carbons (Fsp3) is 0.600. The number of halogens is 1. The van der Waals surface area contributed by atoms with Gasteiger partial charge in [0.2, 0.25) is 0 Å². The molecule has 0 amide bonds. The van der Waals surface area contributed by atoms with E-state index in [0.717, 1.165) is 23.4 Å². The van der Waals surface area contributed by atoms with Crippen molar-refractivity contribution in [2.75, 3.05) is 13.2 Å². The van der Waals surface area contributed by atoms with E-state index < -0.39 is 0 Å².